The van der Waals surface area contributed by atoms with Crippen LogP contribution < -0.4 is 11.5 Å². The van der Waals surface area contributed by atoms with E-state index in [1.54, 1.807) is 11.9 Å². The number of amides is 2. The Morgan fingerprint density at radius 1 is 1.50 bits per heavy atom. The van der Waals surface area contributed by atoms with Gasteiger partial charge < -0.3 is 21.5 Å². The van der Waals surface area contributed by atoms with Crippen molar-refractivity contribution < 1.29 is 14.7 Å². The number of thiazole rings is 1. The van der Waals surface area contributed by atoms with E-state index in [4.69, 9.17) is 23.0 Å². The molecule has 1 aliphatic heterocycles. The average Bonchev–Trinajstić information content (AvgIpc) is 3.29. The number of carbonyl (C=O) groups excluding carboxylic acids is 2. The standard InChI is InChI=1S/C12H9N3OS.C6H9NO2/c1-2-7-4-3-5-8(6-7)12-15-9(10(13)16)11(14)17-12;1-7-4-2-3(4)5(8)6(7)9/h1,3-6H,14H2,(H2,13,16);3-5,8H,2H2,1H3. The molecule has 2 fully saturated rings. The summed E-state index contributed by atoms with van der Waals surface area (Å²) in [5.74, 6) is 2.07. The maximum Gasteiger partial charge on any atom is 0.270 e. The molecule has 0 bridgehead atoms. The van der Waals surface area contributed by atoms with Gasteiger partial charge in [0.2, 0.25) is 0 Å². The fourth-order valence-corrected chi connectivity index (χ4v) is 3.75. The van der Waals surface area contributed by atoms with Crippen LogP contribution in [0, 0.1) is 18.3 Å². The molecule has 1 aromatic heterocycles. The van der Waals surface area contributed by atoms with Gasteiger partial charge in [-0.3, -0.25) is 9.59 Å². The van der Waals surface area contributed by atoms with Crippen LogP contribution in [-0.2, 0) is 4.79 Å². The van der Waals surface area contributed by atoms with Crippen LogP contribution in [0.5, 0.6) is 0 Å². The van der Waals surface area contributed by atoms with Crippen molar-refractivity contribution in [3.63, 3.8) is 0 Å². The molecule has 26 heavy (non-hydrogen) atoms. The molecule has 1 aromatic carbocycles. The number of piperidine rings is 1. The Bertz CT molecular complexity index is 901. The minimum absolute atomic E-state index is 0.101. The van der Waals surface area contributed by atoms with E-state index in [9.17, 15) is 9.59 Å². The van der Waals surface area contributed by atoms with Crippen LogP contribution in [0.2, 0.25) is 0 Å². The summed E-state index contributed by atoms with van der Waals surface area (Å²) in [5, 5.41) is 10.0. The van der Waals surface area contributed by atoms with E-state index >= 15 is 0 Å². The summed E-state index contributed by atoms with van der Waals surface area (Å²) in [6.07, 6.45) is 5.64. The predicted molar refractivity (Wildman–Crippen MR) is 99.1 cm³/mol. The third-order valence-electron chi connectivity index (χ3n) is 4.47. The third kappa shape index (κ3) is 3.27. The largest absolute Gasteiger partial charge is 0.389 e. The molecule has 7 nitrogen and oxygen atoms in total. The van der Waals surface area contributed by atoms with Gasteiger partial charge in [-0.2, -0.15) is 0 Å². The van der Waals surface area contributed by atoms with Gasteiger partial charge in [-0.05, 0) is 18.6 Å². The molecule has 134 valence electrons. The van der Waals surface area contributed by atoms with Crippen LogP contribution in [0.25, 0.3) is 10.6 Å². The Labute approximate surface area is 154 Å². The molecule has 2 heterocycles. The summed E-state index contributed by atoms with van der Waals surface area (Å²) in [6.45, 7) is 0. The second-order valence-electron chi connectivity index (χ2n) is 6.18. The number of aromatic nitrogens is 1. The van der Waals surface area contributed by atoms with E-state index in [0.29, 0.717) is 16.1 Å². The number of carbonyl (C=O) groups is 2. The first-order valence-corrected chi connectivity index (χ1v) is 8.73. The van der Waals surface area contributed by atoms with Crippen molar-refractivity contribution in [1.29, 1.82) is 0 Å². The number of primary amides is 1. The number of terminal acetylenes is 1. The second-order valence-corrected chi connectivity index (χ2v) is 7.21. The molecular formula is C18H18N4O3S. The van der Waals surface area contributed by atoms with Crippen LogP contribution in [0.4, 0.5) is 5.00 Å². The Hall–Kier alpha value is -2.89. The SMILES string of the molecule is C#Cc1cccc(-c2nc(C(N)=O)c(N)s2)c1.CN1C(=O)C(O)C2CC21. The summed E-state index contributed by atoms with van der Waals surface area (Å²) in [6, 6.07) is 7.67. The number of nitrogens with two attached hydrogens (primary N) is 2. The van der Waals surface area contributed by atoms with Crippen LogP contribution in [0.3, 0.4) is 0 Å². The number of likely N-dealkylation sites (tertiary alicyclic amines) is 1. The molecule has 3 unspecified atom stereocenters. The number of benzene rings is 1. The molecule has 2 amide bonds. The molecule has 8 heteroatoms. The normalized spacial score (nSPS) is 22.9. The lowest BCUT2D eigenvalue weighted by atomic mass is 10.1. The Kier molecular flexibility index (Phi) is 4.68. The van der Waals surface area contributed by atoms with E-state index < -0.39 is 12.0 Å². The number of fused-ring (bicyclic) bond motifs is 1. The predicted octanol–water partition coefficient (Wildman–Crippen LogP) is 0.680. The highest BCUT2D eigenvalue weighted by molar-refractivity contribution is 7.19. The first kappa shape index (κ1) is 17.9. The minimum Gasteiger partial charge on any atom is -0.389 e. The molecule has 2 aliphatic rings. The van der Waals surface area contributed by atoms with Gasteiger partial charge in [0.05, 0.1) is 0 Å². The number of anilines is 1. The third-order valence-corrected chi connectivity index (χ3v) is 5.40. The van der Waals surface area contributed by atoms with E-state index in [1.165, 1.54) is 11.3 Å². The van der Waals surface area contributed by atoms with Crippen molar-refractivity contribution in [1.82, 2.24) is 9.88 Å². The average molecular weight is 370 g/mol. The van der Waals surface area contributed by atoms with Gasteiger partial charge in [0, 0.05) is 30.1 Å². The second kappa shape index (κ2) is 6.78. The smallest absolute Gasteiger partial charge is 0.270 e. The number of hydrogen-bond donors (Lipinski definition) is 3. The fraction of sp³-hybridized carbons (Fsp3) is 0.278. The lowest BCUT2D eigenvalue weighted by Gasteiger charge is -2.10. The summed E-state index contributed by atoms with van der Waals surface area (Å²) in [5.41, 5.74) is 12.5. The van der Waals surface area contributed by atoms with Crippen molar-refractivity contribution >= 4 is 28.2 Å². The molecule has 2 aromatic rings. The summed E-state index contributed by atoms with van der Waals surface area (Å²) < 4.78 is 0. The minimum atomic E-state index is -0.681. The fourth-order valence-electron chi connectivity index (χ4n) is 2.91. The molecule has 4 rings (SSSR count). The Morgan fingerprint density at radius 3 is 2.69 bits per heavy atom. The Balaban J connectivity index is 0.000000181. The first-order chi connectivity index (χ1) is 12.3. The van der Waals surface area contributed by atoms with Crippen LogP contribution >= 0.6 is 11.3 Å². The van der Waals surface area contributed by atoms with Gasteiger partial charge in [-0.15, -0.1) is 6.42 Å². The van der Waals surface area contributed by atoms with Gasteiger partial charge in [-0.25, -0.2) is 4.98 Å². The quantitative estimate of drug-likeness (QED) is 0.671. The number of rotatable bonds is 2. The highest BCUT2D eigenvalue weighted by Gasteiger charge is 2.56. The van der Waals surface area contributed by atoms with E-state index in [1.807, 2.05) is 24.3 Å². The monoisotopic (exact) mass is 370 g/mol. The van der Waals surface area contributed by atoms with Gasteiger partial charge in [0.1, 0.15) is 16.1 Å². The number of hydrogen-bond acceptors (Lipinski definition) is 6. The molecule has 1 aliphatic carbocycles. The van der Waals surface area contributed by atoms with Gasteiger partial charge in [0.15, 0.2) is 5.69 Å². The molecule has 0 radical (unpaired) electrons. The summed E-state index contributed by atoms with van der Waals surface area (Å²) >= 11 is 1.21. The van der Waals surface area contributed by atoms with Crippen LogP contribution in [0.1, 0.15) is 22.5 Å². The molecular weight excluding hydrogens is 352 g/mol. The molecule has 0 spiro atoms. The zero-order chi connectivity index (χ0) is 19.0. The lowest BCUT2D eigenvalue weighted by Crippen LogP contribution is -2.30. The van der Waals surface area contributed by atoms with E-state index in [2.05, 4.69) is 10.9 Å². The van der Waals surface area contributed by atoms with Crippen molar-refractivity contribution in [3.8, 4) is 22.9 Å². The zero-order valence-electron chi connectivity index (χ0n) is 14.0. The molecule has 5 N–H and O–H groups in total. The van der Waals surface area contributed by atoms with E-state index in [0.717, 1.165) is 17.5 Å². The maximum absolute atomic E-state index is 11.0. The highest BCUT2D eigenvalue weighted by atomic mass is 32.1. The highest BCUT2D eigenvalue weighted by Crippen LogP contribution is 2.44. The zero-order valence-corrected chi connectivity index (χ0v) is 14.9. The van der Waals surface area contributed by atoms with Crippen molar-refractivity contribution in [2.24, 2.45) is 11.7 Å². The molecule has 1 saturated carbocycles. The van der Waals surface area contributed by atoms with Crippen LogP contribution in [0.15, 0.2) is 24.3 Å². The number of aliphatic hydroxyl groups excluding tert-OH is 1. The van der Waals surface area contributed by atoms with Crippen molar-refractivity contribution in [2.75, 3.05) is 12.8 Å². The van der Waals surface area contributed by atoms with E-state index in [-0.39, 0.29) is 17.5 Å². The number of nitrogen functional groups attached to an aromatic ring is 1. The number of likely N-dealkylation sites (N-methyl/N-ethyl adjacent to an activating group) is 1. The topological polar surface area (TPSA) is 123 Å². The molecule has 3 atom stereocenters. The van der Waals surface area contributed by atoms with Gasteiger partial charge in [-0.1, -0.05) is 29.4 Å². The van der Waals surface area contributed by atoms with Crippen molar-refractivity contribution in [2.45, 2.75) is 18.6 Å². The van der Waals surface area contributed by atoms with Gasteiger partial charge >= 0.3 is 0 Å². The van der Waals surface area contributed by atoms with Crippen molar-refractivity contribution in [3.05, 3.63) is 35.5 Å². The first-order valence-electron chi connectivity index (χ1n) is 7.91. The summed E-state index contributed by atoms with van der Waals surface area (Å²) in [7, 11) is 1.75. The Morgan fingerprint density at radius 2 is 2.23 bits per heavy atom. The molecule has 1 saturated heterocycles. The number of nitrogens with zero attached hydrogens (tertiary/aromatic N) is 2. The lowest BCUT2D eigenvalue weighted by molar-refractivity contribution is -0.135. The number of aliphatic hydroxyl groups is 1. The summed E-state index contributed by atoms with van der Waals surface area (Å²) in [4.78, 5) is 27.6. The maximum atomic E-state index is 11.0. The van der Waals surface area contributed by atoms with Gasteiger partial charge in [0.25, 0.3) is 11.8 Å². The van der Waals surface area contributed by atoms with Crippen LogP contribution in [-0.4, -0.2) is 46.0 Å².